The van der Waals surface area contributed by atoms with Gasteiger partial charge in [-0.2, -0.15) is 5.26 Å². The van der Waals surface area contributed by atoms with Gasteiger partial charge >= 0.3 is 0 Å². The van der Waals surface area contributed by atoms with Gasteiger partial charge in [0.05, 0.1) is 34.3 Å². The number of sulfonamides is 1. The molecule has 1 aliphatic heterocycles. The minimum absolute atomic E-state index is 0.0186. The van der Waals surface area contributed by atoms with Crippen molar-refractivity contribution in [2.24, 2.45) is 0 Å². The summed E-state index contributed by atoms with van der Waals surface area (Å²) in [6.07, 6.45) is 0.154. The molecule has 0 saturated carbocycles. The molecule has 1 heterocycles. The van der Waals surface area contributed by atoms with E-state index in [1.807, 2.05) is 0 Å². The normalized spacial score (nSPS) is 14.9. The molecule has 8 nitrogen and oxygen atoms in total. The zero-order valence-corrected chi connectivity index (χ0v) is 21.9. The van der Waals surface area contributed by atoms with Gasteiger partial charge in [-0.1, -0.05) is 35.9 Å². The van der Waals surface area contributed by atoms with Crippen molar-refractivity contribution >= 4 is 44.8 Å². The van der Waals surface area contributed by atoms with Crippen LogP contribution in [-0.4, -0.2) is 32.8 Å². The van der Waals surface area contributed by atoms with E-state index in [0.717, 1.165) is 9.87 Å². The molecule has 1 atom stereocenters. The van der Waals surface area contributed by atoms with Crippen molar-refractivity contribution in [1.29, 1.82) is 5.26 Å². The second kappa shape index (κ2) is 10.6. The van der Waals surface area contributed by atoms with E-state index in [9.17, 15) is 18.0 Å². The molecule has 3 aromatic carbocycles. The molecule has 10 heteroatoms. The van der Waals surface area contributed by atoms with Gasteiger partial charge in [0.15, 0.2) is 0 Å². The first-order valence-electron chi connectivity index (χ1n) is 11.6. The first kappa shape index (κ1) is 26.2. The molecule has 0 spiro atoms. The predicted molar refractivity (Wildman–Crippen MR) is 142 cm³/mol. The van der Waals surface area contributed by atoms with E-state index in [2.05, 4.69) is 16.7 Å². The van der Waals surface area contributed by atoms with E-state index < -0.39 is 27.9 Å². The third kappa shape index (κ3) is 5.45. The smallest absolute Gasteiger partial charge is 0.265 e. The van der Waals surface area contributed by atoms with Crippen LogP contribution in [0.1, 0.15) is 28.7 Å². The highest BCUT2D eigenvalue weighted by Gasteiger charge is 2.42. The fraction of sp³-hybridized carbons (Fsp3) is 0.222. The van der Waals surface area contributed by atoms with Gasteiger partial charge < -0.3 is 10.6 Å². The van der Waals surface area contributed by atoms with E-state index in [0.29, 0.717) is 33.8 Å². The fourth-order valence-corrected chi connectivity index (χ4v) is 6.36. The molecule has 0 bridgehead atoms. The number of hydrogen-bond acceptors (Lipinski definition) is 5. The van der Waals surface area contributed by atoms with Gasteiger partial charge in [-0.05, 0) is 73.4 Å². The van der Waals surface area contributed by atoms with Crippen molar-refractivity contribution in [3.05, 3.63) is 87.9 Å². The number of carbonyl (C=O) groups is 2. The van der Waals surface area contributed by atoms with Crippen molar-refractivity contribution in [2.45, 2.75) is 37.6 Å². The quantitative estimate of drug-likeness (QED) is 0.471. The number of nitriles is 1. The highest BCUT2D eigenvalue weighted by molar-refractivity contribution is 7.93. The number of anilines is 2. The van der Waals surface area contributed by atoms with Gasteiger partial charge in [0, 0.05) is 11.6 Å². The number of aryl methyl sites for hydroxylation is 2. The van der Waals surface area contributed by atoms with Crippen LogP contribution in [0.4, 0.5) is 11.4 Å². The maximum absolute atomic E-state index is 14.0. The van der Waals surface area contributed by atoms with Crippen LogP contribution in [0.2, 0.25) is 5.02 Å². The second-order valence-corrected chi connectivity index (χ2v) is 11.0. The van der Waals surface area contributed by atoms with E-state index in [4.69, 9.17) is 16.9 Å². The molecule has 0 aliphatic carbocycles. The lowest BCUT2D eigenvalue weighted by Gasteiger charge is -2.37. The summed E-state index contributed by atoms with van der Waals surface area (Å²) in [4.78, 5) is 26.0. The molecular formula is C27H25ClN4O4S. The van der Waals surface area contributed by atoms with Crippen LogP contribution < -0.4 is 14.9 Å². The molecule has 4 rings (SSSR count). The number of hydrogen-bond donors (Lipinski definition) is 2. The van der Waals surface area contributed by atoms with Crippen LogP contribution in [0.25, 0.3) is 0 Å². The maximum atomic E-state index is 14.0. The van der Waals surface area contributed by atoms with Crippen molar-refractivity contribution in [1.82, 2.24) is 5.32 Å². The molecule has 2 N–H and O–H groups in total. The van der Waals surface area contributed by atoms with E-state index in [1.54, 1.807) is 68.4 Å². The monoisotopic (exact) mass is 536 g/mol. The molecule has 0 aromatic heterocycles. The third-order valence-electron chi connectivity index (χ3n) is 6.18. The molecule has 0 saturated heterocycles. The summed E-state index contributed by atoms with van der Waals surface area (Å²) < 4.78 is 29.0. The highest BCUT2D eigenvalue weighted by atomic mass is 35.5. The minimum Gasteiger partial charge on any atom is -0.356 e. The lowest BCUT2D eigenvalue weighted by Crippen LogP contribution is -2.53. The number of benzene rings is 3. The molecule has 2 amide bonds. The average molecular weight is 537 g/mol. The SMILES string of the molecule is Cc1cc(S(=O)(=O)N2c3ccccc3NC(=O)C2CC(=O)NCCc2ccc(C#N)cc2)c(C)cc1Cl. The Morgan fingerprint density at radius 2 is 1.81 bits per heavy atom. The Bertz CT molecular complexity index is 1510. The van der Waals surface area contributed by atoms with Gasteiger partial charge in [0.25, 0.3) is 10.0 Å². The number of nitrogens with one attached hydrogen (secondary N) is 2. The Morgan fingerprint density at radius 1 is 1.11 bits per heavy atom. The van der Waals surface area contributed by atoms with Crippen LogP contribution in [0.15, 0.2) is 65.6 Å². The number of amides is 2. The predicted octanol–water partition coefficient (Wildman–Crippen LogP) is 4.09. The minimum atomic E-state index is -4.24. The van der Waals surface area contributed by atoms with Crippen LogP contribution in [-0.2, 0) is 26.0 Å². The van der Waals surface area contributed by atoms with Crippen LogP contribution >= 0.6 is 11.6 Å². The lowest BCUT2D eigenvalue weighted by atomic mass is 10.1. The average Bonchev–Trinajstić information content (AvgIpc) is 2.86. The summed E-state index contributed by atoms with van der Waals surface area (Å²) in [5.41, 5.74) is 3.12. The van der Waals surface area contributed by atoms with Crippen LogP contribution in [0.3, 0.4) is 0 Å². The Balaban J connectivity index is 1.60. The standard InChI is InChI=1S/C27H25ClN4O4S/c1-17-14-25(18(2)13-21(17)28)37(35,36)32-23-6-4-3-5-22(23)31-27(34)24(32)15-26(33)30-12-11-19-7-9-20(16-29)10-8-19/h3-10,13-14,24H,11-12,15H2,1-2H3,(H,30,33)(H,31,34). The lowest BCUT2D eigenvalue weighted by molar-refractivity contribution is -0.125. The maximum Gasteiger partial charge on any atom is 0.265 e. The molecule has 190 valence electrons. The van der Waals surface area contributed by atoms with E-state index in [1.165, 1.54) is 6.07 Å². The second-order valence-electron chi connectivity index (χ2n) is 8.80. The highest BCUT2D eigenvalue weighted by Crippen LogP contribution is 2.38. The number of rotatable bonds is 7. The van der Waals surface area contributed by atoms with Gasteiger partial charge in [-0.3, -0.25) is 13.9 Å². The molecule has 0 radical (unpaired) electrons. The van der Waals surface area contributed by atoms with Crippen LogP contribution in [0.5, 0.6) is 0 Å². The van der Waals surface area contributed by atoms with Crippen LogP contribution in [0, 0.1) is 25.2 Å². The third-order valence-corrected chi connectivity index (χ3v) is 8.55. The number of halogens is 1. The van der Waals surface area contributed by atoms with Gasteiger partial charge in [-0.15, -0.1) is 0 Å². The van der Waals surface area contributed by atoms with Crippen molar-refractivity contribution in [3.63, 3.8) is 0 Å². The first-order chi connectivity index (χ1) is 17.6. The van der Waals surface area contributed by atoms with Gasteiger partial charge in [0.2, 0.25) is 11.8 Å². The molecule has 37 heavy (non-hydrogen) atoms. The topological polar surface area (TPSA) is 119 Å². The summed E-state index contributed by atoms with van der Waals surface area (Å²) in [6, 6.07) is 17.4. The largest absolute Gasteiger partial charge is 0.356 e. The summed E-state index contributed by atoms with van der Waals surface area (Å²) in [5, 5.41) is 14.8. The summed E-state index contributed by atoms with van der Waals surface area (Å²) >= 11 is 6.19. The van der Waals surface area contributed by atoms with Crippen molar-refractivity contribution in [3.8, 4) is 6.07 Å². The molecule has 0 fully saturated rings. The summed E-state index contributed by atoms with van der Waals surface area (Å²) in [5.74, 6) is -1.05. The van der Waals surface area contributed by atoms with E-state index in [-0.39, 0.29) is 23.5 Å². The number of nitrogens with zero attached hydrogens (tertiary/aromatic N) is 2. The van der Waals surface area contributed by atoms with Gasteiger partial charge in [-0.25, -0.2) is 8.42 Å². The number of carbonyl (C=O) groups excluding carboxylic acids is 2. The zero-order chi connectivity index (χ0) is 26.7. The molecule has 1 unspecified atom stereocenters. The molecule has 1 aliphatic rings. The Morgan fingerprint density at radius 3 is 2.51 bits per heavy atom. The van der Waals surface area contributed by atoms with E-state index >= 15 is 0 Å². The van der Waals surface area contributed by atoms with Crippen molar-refractivity contribution in [2.75, 3.05) is 16.2 Å². The first-order valence-corrected chi connectivity index (χ1v) is 13.4. The number of para-hydroxylation sites is 2. The zero-order valence-electron chi connectivity index (χ0n) is 20.3. The molecule has 3 aromatic rings. The Hall–Kier alpha value is -3.87. The Labute approximate surface area is 220 Å². The van der Waals surface area contributed by atoms with Crippen molar-refractivity contribution < 1.29 is 18.0 Å². The number of fused-ring (bicyclic) bond motifs is 1. The summed E-state index contributed by atoms with van der Waals surface area (Å²) in [7, 11) is -4.24. The molecular weight excluding hydrogens is 512 g/mol. The summed E-state index contributed by atoms with van der Waals surface area (Å²) in [6.45, 7) is 3.63. The Kier molecular flexibility index (Phi) is 7.52. The van der Waals surface area contributed by atoms with Gasteiger partial charge in [0.1, 0.15) is 6.04 Å². The fourth-order valence-electron chi connectivity index (χ4n) is 4.21.